The Kier molecular flexibility index (Phi) is 10.4. The molecule has 0 aromatic heterocycles. The summed E-state index contributed by atoms with van der Waals surface area (Å²) >= 11 is 0. The van der Waals surface area contributed by atoms with Crippen LogP contribution in [0.3, 0.4) is 0 Å². The van der Waals surface area contributed by atoms with Gasteiger partial charge in [-0.05, 0) is 18.4 Å². The number of carbonyl (C=O) groups is 1. The van der Waals surface area contributed by atoms with Gasteiger partial charge >= 0.3 is 0 Å². The van der Waals surface area contributed by atoms with Gasteiger partial charge in [0.25, 0.3) is 0 Å². The molecule has 1 N–H and O–H groups in total. The van der Waals surface area contributed by atoms with E-state index in [9.17, 15) is 4.79 Å². The third-order valence-corrected chi connectivity index (χ3v) is 2.65. The third-order valence-electron chi connectivity index (χ3n) is 2.65. The monoisotopic (exact) mass is 235 g/mol. The fraction of sp³-hybridized carbons (Fsp3) is 0.667. The largest absolute Gasteiger partial charge is 0.352 e. The molecular weight excluding hydrogens is 210 g/mol. The van der Waals surface area contributed by atoms with E-state index in [1.54, 1.807) is 6.08 Å². The highest BCUT2D eigenvalue weighted by Gasteiger charge is 1.99. The lowest BCUT2D eigenvalue weighted by Gasteiger charge is -2.07. The fourth-order valence-corrected chi connectivity index (χ4v) is 1.19. The Balaban J connectivity index is 3.65. The molecule has 0 aliphatic heterocycles. The van der Waals surface area contributed by atoms with E-state index in [0.717, 1.165) is 25.8 Å². The summed E-state index contributed by atoms with van der Waals surface area (Å²) in [5.74, 6) is 6.41. The van der Waals surface area contributed by atoms with Gasteiger partial charge in [0, 0.05) is 19.0 Å². The lowest BCUT2D eigenvalue weighted by molar-refractivity contribution is -0.116. The molecule has 1 atom stereocenters. The molecule has 0 fully saturated rings. The van der Waals surface area contributed by atoms with E-state index in [1.807, 2.05) is 0 Å². The summed E-state index contributed by atoms with van der Waals surface area (Å²) in [4.78, 5) is 11.3. The topological polar surface area (TPSA) is 29.1 Å². The molecule has 1 amide bonds. The first-order valence-corrected chi connectivity index (χ1v) is 6.63. The number of rotatable bonds is 7. The highest BCUT2D eigenvalue weighted by atomic mass is 16.1. The molecule has 0 aliphatic carbocycles. The van der Waals surface area contributed by atoms with Crippen LogP contribution in [0.5, 0.6) is 0 Å². The van der Waals surface area contributed by atoms with E-state index in [1.165, 1.54) is 18.9 Å². The van der Waals surface area contributed by atoms with Gasteiger partial charge in [0.2, 0.25) is 5.91 Å². The van der Waals surface area contributed by atoms with E-state index in [0.29, 0.717) is 5.92 Å². The van der Waals surface area contributed by atoms with Crippen LogP contribution in [0.2, 0.25) is 0 Å². The predicted octanol–water partition coefficient (Wildman–Crippen LogP) is 3.29. The smallest absolute Gasteiger partial charge is 0.244 e. The minimum atomic E-state index is -0.0480. The van der Waals surface area contributed by atoms with Crippen LogP contribution in [0.1, 0.15) is 52.9 Å². The Morgan fingerprint density at radius 1 is 1.35 bits per heavy atom. The van der Waals surface area contributed by atoms with Crippen molar-refractivity contribution in [1.29, 1.82) is 0 Å². The van der Waals surface area contributed by atoms with Crippen molar-refractivity contribution in [3.8, 4) is 11.8 Å². The van der Waals surface area contributed by atoms with Gasteiger partial charge in [0.1, 0.15) is 0 Å². The van der Waals surface area contributed by atoms with Crippen molar-refractivity contribution >= 4 is 5.91 Å². The number of amides is 1. The summed E-state index contributed by atoms with van der Waals surface area (Å²) in [7, 11) is 0. The lowest BCUT2D eigenvalue weighted by atomic mass is 10.1. The minimum absolute atomic E-state index is 0.0480. The van der Waals surface area contributed by atoms with Crippen molar-refractivity contribution in [3.05, 3.63) is 12.2 Å². The molecule has 2 heteroatoms. The summed E-state index contributed by atoms with van der Waals surface area (Å²) in [5, 5.41) is 2.85. The van der Waals surface area contributed by atoms with Crippen LogP contribution >= 0.6 is 0 Å². The zero-order valence-electron chi connectivity index (χ0n) is 11.4. The maximum Gasteiger partial charge on any atom is 0.244 e. The second kappa shape index (κ2) is 11.3. The van der Waals surface area contributed by atoms with Crippen molar-refractivity contribution in [3.63, 3.8) is 0 Å². The van der Waals surface area contributed by atoms with Crippen molar-refractivity contribution in [2.75, 3.05) is 6.54 Å². The van der Waals surface area contributed by atoms with Crippen LogP contribution in [0.4, 0.5) is 0 Å². The zero-order chi connectivity index (χ0) is 12.9. The molecule has 0 heterocycles. The Bertz CT molecular complexity index is 283. The zero-order valence-corrected chi connectivity index (χ0v) is 11.4. The number of hydrogen-bond acceptors (Lipinski definition) is 1. The van der Waals surface area contributed by atoms with Crippen LogP contribution in [0.15, 0.2) is 12.2 Å². The van der Waals surface area contributed by atoms with E-state index in [2.05, 4.69) is 37.9 Å². The maximum absolute atomic E-state index is 11.3. The number of unbranched alkanes of at least 4 members (excludes halogenated alkanes) is 3. The van der Waals surface area contributed by atoms with E-state index < -0.39 is 0 Å². The van der Waals surface area contributed by atoms with Gasteiger partial charge in [0.05, 0.1) is 0 Å². The van der Waals surface area contributed by atoms with Crippen molar-refractivity contribution < 1.29 is 4.79 Å². The SMILES string of the molecule is CCCCCC#CC=CC(=O)NCC(C)CC. The molecule has 0 saturated heterocycles. The highest BCUT2D eigenvalue weighted by Crippen LogP contribution is 1.97. The summed E-state index contributed by atoms with van der Waals surface area (Å²) in [6.07, 6.45) is 8.75. The lowest BCUT2D eigenvalue weighted by Crippen LogP contribution is -2.26. The van der Waals surface area contributed by atoms with Crippen LogP contribution < -0.4 is 5.32 Å². The second-order valence-corrected chi connectivity index (χ2v) is 4.37. The van der Waals surface area contributed by atoms with Gasteiger partial charge in [-0.1, -0.05) is 51.9 Å². The molecule has 0 aromatic rings. The minimum Gasteiger partial charge on any atom is -0.352 e. The maximum atomic E-state index is 11.3. The molecule has 0 spiro atoms. The summed E-state index contributed by atoms with van der Waals surface area (Å²) < 4.78 is 0. The molecule has 0 bridgehead atoms. The number of allylic oxidation sites excluding steroid dienone is 1. The Labute approximate surface area is 106 Å². The van der Waals surface area contributed by atoms with E-state index in [-0.39, 0.29) is 5.91 Å². The molecule has 17 heavy (non-hydrogen) atoms. The highest BCUT2D eigenvalue weighted by molar-refractivity contribution is 5.87. The summed E-state index contributed by atoms with van der Waals surface area (Å²) in [6, 6.07) is 0. The Morgan fingerprint density at radius 2 is 2.12 bits per heavy atom. The second-order valence-electron chi connectivity index (χ2n) is 4.37. The van der Waals surface area contributed by atoms with Gasteiger partial charge in [0.15, 0.2) is 0 Å². The average molecular weight is 235 g/mol. The molecule has 0 saturated carbocycles. The molecule has 1 unspecified atom stereocenters. The first-order valence-electron chi connectivity index (χ1n) is 6.63. The number of hydrogen-bond donors (Lipinski definition) is 1. The Morgan fingerprint density at radius 3 is 2.76 bits per heavy atom. The van der Waals surface area contributed by atoms with Crippen LogP contribution in [0, 0.1) is 17.8 Å². The van der Waals surface area contributed by atoms with Crippen molar-refractivity contribution in [2.24, 2.45) is 5.92 Å². The normalized spacial score (nSPS) is 11.9. The molecule has 0 rings (SSSR count). The first-order chi connectivity index (χ1) is 8.20. The predicted molar refractivity (Wildman–Crippen MR) is 73.5 cm³/mol. The van der Waals surface area contributed by atoms with Crippen molar-refractivity contribution in [1.82, 2.24) is 5.32 Å². The van der Waals surface area contributed by atoms with Crippen molar-refractivity contribution in [2.45, 2.75) is 52.9 Å². The van der Waals surface area contributed by atoms with E-state index in [4.69, 9.17) is 0 Å². The molecule has 96 valence electrons. The number of nitrogens with one attached hydrogen (secondary N) is 1. The van der Waals surface area contributed by atoms with Crippen LogP contribution in [-0.2, 0) is 4.79 Å². The number of carbonyl (C=O) groups excluding carboxylic acids is 1. The molecular formula is C15H25NO. The molecule has 2 nitrogen and oxygen atoms in total. The summed E-state index contributed by atoms with van der Waals surface area (Å²) in [5.41, 5.74) is 0. The molecule has 0 radical (unpaired) electrons. The quantitative estimate of drug-likeness (QED) is 0.409. The Hall–Kier alpha value is -1.23. The van der Waals surface area contributed by atoms with Gasteiger partial charge in [-0.15, -0.1) is 0 Å². The third kappa shape index (κ3) is 11.0. The van der Waals surface area contributed by atoms with Gasteiger partial charge in [-0.25, -0.2) is 0 Å². The standard InChI is InChI=1S/C15H25NO/c1-4-6-7-8-9-10-11-12-15(17)16-13-14(3)5-2/h11-12,14H,4-8,13H2,1-3H3,(H,16,17). The average Bonchev–Trinajstić information content (AvgIpc) is 2.34. The first kappa shape index (κ1) is 15.8. The van der Waals surface area contributed by atoms with Crippen LogP contribution in [-0.4, -0.2) is 12.5 Å². The van der Waals surface area contributed by atoms with Gasteiger partial charge in [-0.3, -0.25) is 4.79 Å². The molecule has 0 aliphatic rings. The van der Waals surface area contributed by atoms with Gasteiger partial charge in [-0.2, -0.15) is 0 Å². The summed E-state index contributed by atoms with van der Waals surface area (Å²) in [6.45, 7) is 7.16. The fourth-order valence-electron chi connectivity index (χ4n) is 1.19. The van der Waals surface area contributed by atoms with E-state index >= 15 is 0 Å². The van der Waals surface area contributed by atoms with Gasteiger partial charge < -0.3 is 5.32 Å². The molecule has 0 aromatic carbocycles. The van der Waals surface area contributed by atoms with Crippen LogP contribution in [0.25, 0.3) is 0 Å².